The molecule has 0 radical (unpaired) electrons. The highest BCUT2D eigenvalue weighted by atomic mass is 16.5. The molecule has 5 nitrogen and oxygen atoms in total. The highest BCUT2D eigenvalue weighted by Crippen LogP contribution is 2.35. The molecule has 134 valence electrons. The van der Waals surface area contributed by atoms with E-state index in [2.05, 4.69) is 23.3 Å². The second kappa shape index (κ2) is 7.08. The number of nitrogens with one attached hydrogen (secondary N) is 1. The van der Waals surface area contributed by atoms with Crippen LogP contribution in [0.15, 0.2) is 24.4 Å². The van der Waals surface area contributed by atoms with Crippen LogP contribution in [0.25, 0.3) is 10.9 Å². The highest BCUT2D eigenvalue weighted by molar-refractivity contribution is 5.85. The Labute approximate surface area is 148 Å². The van der Waals surface area contributed by atoms with Crippen molar-refractivity contribution in [1.82, 2.24) is 9.88 Å². The van der Waals surface area contributed by atoms with Crippen LogP contribution in [0, 0.1) is 0 Å². The summed E-state index contributed by atoms with van der Waals surface area (Å²) in [6, 6.07) is 6.16. The Morgan fingerprint density at radius 3 is 2.88 bits per heavy atom. The van der Waals surface area contributed by atoms with E-state index in [0.717, 1.165) is 56.6 Å². The normalized spacial score (nSPS) is 21.8. The zero-order valence-corrected chi connectivity index (χ0v) is 14.8. The molecule has 1 amide bonds. The number of amides is 1. The van der Waals surface area contributed by atoms with E-state index in [1.165, 1.54) is 10.9 Å². The van der Waals surface area contributed by atoms with Crippen molar-refractivity contribution in [3.05, 3.63) is 30.0 Å². The number of rotatable bonds is 4. The van der Waals surface area contributed by atoms with Gasteiger partial charge in [-0.2, -0.15) is 0 Å². The summed E-state index contributed by atoms with van der Waals surface area (Å²) in [5.41, 5.74) is 2.49. The zero-order chi connectivity index (χ0) is 17.2. The molecule has 2 saturated heterocycles. The molecular weight excluding hydrogens is 316 g/mol. The van der Waals surface area contributed by atoms with Gasteiger partial charge in [-0.25, -0.2) is 0 Å². The molecule has 1 N–H and O–H groups in total. The molecule has 0 aliphatic carbocycles. The van der Waals surface area contributed by atoms with Crippen LogP contribution in [0.5, 0.6) is 5.75 Å². The number of piperidine rings is 1. The maximum absolute atomic E-state index is 12.5. The summed E-state index contributed by atoms with van der Waals surface area (Å²) in [5, 5.41) is 1.24. The Bertz CT molecular complexity index is 740. The van der Waals surface area contributed by atoms with Crippen LogP contribution < -0.4 is 4.74 Å². The maximum Gasteiger partial charge on any atom is 0.225 e. The number of nitrogens with zero attached hydrogens (tertiary/aromatic N) is 1. The fourth-order valence-corrected chi connectivity index (χ4v) is 4.16. The minimum absolute atomic E-state index is 0.145. The number of carbonyl (C=O) groups excluding carboxylic acids is 1. The van der Waals surface area contributed by atoms with Crippen LogP contribution >= 0.6 is 0 Å². The van der Waals surface area contributed by atoms with Gasteiger partial charge < -0.3 is 19.4 Å². The van der Waals surface area contributed by atoms with Gasteiger partial charge in [0, 0.05) is 36.8 Å². The monoisotopic (exact) mass is 342 g/mol. The number of fused-ring (bicyclic) bond motifs is 1. The quantitative estimate of drug-likeness (QED) is 0.926. The van der Waals surface area contributed by atoms with E-state index in [0.29, 0.717) is 12.3 Å². The van der Waals surface area contributed by atoms with E-state index in [1.54, 1.807) is 7.11 Å². The molecular formula is C20H26N2O3. The highest BCUT2D eigenvalue weighted by Gasteiger charge is 2.28. The Morgan fingerprint density at radius 1 is 1.32 bits per heavy atom. The molecule has 1 atom stereocenters. The van der Waals surface area contributed by atoms with Crippen LogP contribution in [0.1, 0.15) is 43.6 Å². The molecule has 1 aromatic carbocycles. The number of carbonyl (C=O) groups is 1. The zero-order valence-electron chi connectivity index (χ0n) is 14.8. The average Bonchev–Trinajstić information content (AvgIpc) is 3.30. The third-order valence-electron chi connectivity index (χ3n) is 5.63. The number of H-pyrrole nitrogens is 1. The third kappa shape index (κ3) is 3.38. The van der Waals surface area contributed by atoms with Gasteiger partial charge in [-0.05, 0) is 55.4 Å². The predicted molar refractivity (Wildman–Crippen MR) is 97.0 cm³/mol. The van der Waals surface area contributed by atoms with Crippen molar-refractivity contribution in [3.8, 4) is 5.75 Å². The molecule has 2 aliphatic heterocycles. The first kappa shape index (κ1) is 16.5. The van der Waals surface area contributed by atoms with Crippen LogP contribution in [0.3, 0.4) is 0 Å². The molecule has 1 unspecified atom stereocenters. The Kier molecular flexibility index (Phi) is 4.66. The molecule has 0 spiro atoms. The number of ether oxygens (including phenoxy) is 2. The van der Waals surface area contributed by atoms with Crippen molar-refractivity contribution >= 4 is 16.8 Å². The Balaban J connectivity index is 1.40. The molecule has 2 fully saturated rings. The first-order valence-electron chi connectivity index (χ1n) is 9.29. The van der Waals surface area contributed by atoms with Crippen LogP contribution in [0.4, 0.5) is 0 Å². The van der Waals surface area contributed by atoms with Crippen LogP contribution in [0.2, 0.25) is 0 Å². The fourth-order valence-electron chi connectivity index (χ4n) is 4.16. The summed E-state index contributed by atoms with van der Waals surface area (Å²) >= 11 is 0. The lowest BCUT2D eigenvalue weighted by Gasteiger charge is -2.32. The Morgan fingerprint density at radius 2 is 2.16 bits per heavy atom. The topological polar surface area (TPSA) is 54.6 Å². The van der Waals surface area contributed by atoms with Gasteiger partial charge in [0.15, 0.2) is 0 Å². The van der Waals surface area contributed by atoms with E-state index in [9.17, 15) is 4.79 Å². The second-order valence-corrected chi connectivity index (χ2v) is 7.15. The largest absolute Gasteiger partial charge is 0.497 e. The molecule has 0 bridgehead atoms. The Hall–Kier alpha value is -2.01. The molecule has 4 rings (SSSR count). The van der Waals surface area contributed by atoms with Gasteiger partial charge in [-0.1, -0.05) is 0 Å². The van der Waals surface area contributed by atoms with Crippen molar-refractivity contribution in [2.75, 3.05) is 26.8 Å². The summed E-state index contributed by atoms with van der Waals surface area (Å²) in [7, 11) is 1.70. The van der Waals surface area contributed by atoms with Crippen molar-refractivity contribution in [2.45, 2.75) is 44.1 Å². The number of hydrogen-bond donors (Lipinski definition) is 1. The first-order chi connectivity index (χ1) is 12.2. The molecule has 5 heteroatoms. The summed E-state index contributed by atoms with van der Waals surface area (Å²) in [4.78, 5) is 17.9. The van der Waals surface area contributed by atoms with E-state index >= 15 is 0 Å². The molecule has 0 saturated carbocycles. The van der Waals surface area contributed by atoms with Gasteiger partial charge in [0.25, 0.3) is 0 Å². The first-order valence-corrected chi connectivity index (χ1v) is 9.29. The van der Waals surface area contributed by atoms with Gasteiger partial charge in [0.2, 0.25) is 5.91 Å². The summed E-state index contributed by atoms with van der Waals surface area (Å²) in [6.07, 6.45) is 6.96. The number of benzene rings is 1. The van der Waals surface area contributed by atoms with Crippen molar-refractivity contribution in [2.24, 2.45) is 0 Å². The maximum atomic E-state index is 12.5. The minimum Gasteiger partial charge on any atom is -0.497 e. The van der Waals surface area contributed by atoms with Gasteiger partial charge in [-0.3, -0.25) is 4.79 Å². The van der Waals surface area contributed by atoms with Crippen molar-refractivity contribution in [3.63, 3.8) is 0 Å². The standard InChI is InChI=1S/C20H26N2O3/c1-24-15-4-5-19-17(11-15)18(13-21-19)14-6-8-22(9-7-14)20(23)12-16-3-2-10-25-16/h4-5,11,13-14,16,21H,2-3,6-10,12H2,1H3. The van der Waals surface area contributed by atoms with E-state index < -0.39 is 0 Å². The fraction of sp³-hybridized carbons (Fsp3) is 0.550. The van der Waals surface area contributed by atoms with Gasteiger partial charge in [0.05, 0.1) is 19.6 Å². The second-order valence-electron chi connectivity index (χ2n) is 7.15. The smallest absolute Gasteiger partial charge is 0.225 e. The van der Waals surface area contributed by atoms with Gasteiger partial charge >= 0.3 is 0 Å². The lowest BCUT2D eigenvalue weighted by Crippen LogP contribution is -2.39. The number of aromatic nitrogens is 1. The van der Waals surface area contributed by atoms with Crippen molar-refractivity contribution in [1.29, 1.82) is 0 Å². The number of methoxy groups -OCH3 is 1. The number of likely N-dealkylation sites (tertiary alicyclic amines) is 1. The number of aromatic amines is 1. The van der Waals surface area contributed by atoms with Crippen molar-refractivity contribution < 1.29 is 14.3 Å². The minimum atomic E-state index is 0.145. The van der Waals surface area contributed by atoms with E-state index in [1.807, 2.05) is 11.0 Å². The summed E-state index contributed by atoms with van der Waals surface area (Å²) in [5.74, 6) is 1.64. The molecule has 2 aromatic rings. The molecule has 25 heavy (non-hydrogen) atoms. The van der Waals surface area contributed by atoms with E-state index in [-0.39, 0.29) is 12.0 Å². The SMILES string of the molecule is COc1ccc2[nH]cc(C3CCN(C(=O)CC4CCCO4)CC3)c2c1. The molecule has 3 heterocycles. The van der Waals surface area contributed by atoms with E-state index in [4.69, 9.17) is 9.47 Å². The molecule has 2 aliphatic rings. The summed E-state index contributed by atoms with van der Waals surface area (Å²) < 4.78 is 11.0. The lowest BCUT2D eigenvalue weighted by molar-refractivity contribution is -0.134. The third-order valence-corrected chi connectivity index (χ3v) is 5.63. The van der Waals surface area contributed by atoms with Gasteiger partial charge in [0.1, 0.15) is 5.75 Å². The van der Waals surface area contributed by atoms with Crippen LogP contribution in [-0.4, -0.2) is 48.7 Å². The molecule has 1 aromatic heterocycles. The summed E-state index contributed by atoms with van der Waals surface area (Å²) in [6.45, 7) is 2.49. The predicted octanol–water partition coefficient (Wildman–Crippen LogP) is 3.45. The van der Waals surface area contributed by atoms with Gasteiger partial charge in [-0.15, -0.1) is 0 Å². The number of hydrogen-bond acceptors (Lipinski definition) is 3. The van der Waals surface area contributed by atoms with Crippen LogP contribution in [-0.2, 0) is 9.53 Å². The average molecular weight is 342 g/mol. The lowest BCUT2D eigenvalue weighted by atomic mass is 9.89.